The van der Waals surface area contributed by atoms with Gasteiger partial charge >= 0.3 is 12.0 Å². The second-order valence-electron chi connectivity index (χ2n) is 5.95. The van der Waals surface area contributed by atoms with E-state index in [4.69, 9.17) is 0 Å². The number of carbonyl (C=O) groups is 2. The van der Waals surface area contributed by atoms with Crippen LogP contribution in [0.15, 0.2) is 36.9 Å². The first-order valence-electron chi connectivity index (χ1n) is 8.22. The number of hydrogen-bond acceptors (Lipinski definition) is 5. The summed E-state index contributed by atoms with van der Waals surface area (Å²) in [5.41, 5.74) is 0.557. The number of amides is 2. The van der Waals surface area contributed by atoms with E-state index in [0.29, 0.717) is 18.1 Å². The van der Waals surface area contributed by atoms with E-state index in [2.05, 4.69) is 20.0 Å². The number of methoxy groups -OCH3 is 1. The van der Waals surface area contributed by atoms with Crippen LogP contribution >= 0.6 is 0 Å². The number of likely N-dealkylation sites (tertiary alicyclic amines) is 1. The molecule has 1 aliphatic heterocycles. The van der Waals surface area contributed by atoms with Crippen molar-refractivity contribution >= 4 is 17.8 Å². The number of carbonyl (C=O) groups excluding carboxylic acids is 2. The minimum absolute atomic E-state index is 0.0766. The molecule has 3 rings (SSSR count). The van der Waals surface area contributed by atoms with Gasteiger partial charge < -0.3 is 14.2 Å². The van der Waals surface area contributed by atoms with E-state index in [0.717, 1.165) is 19.4 Å². The average molecular weight is 343 g/mol. The van der Waals surface area contributed by atoms with Gasteiger partial charge in [0.05, 0.1) is 31.6 Å². The Morgan fingerprint density at radius 1 is 1.40 bits per heavy atom. The monoisotopic (exact) mass is 343 g/mol. The molecule has 3 heterocycles. The smallest absolute Gasteiger partial charge is 0.323 e. The molecule has 1 saturated heterocycles. The van der Waals surface area contributed by atoms with Crippen LogP contribution < -0.4 is 5.32 Å². The molecule has 0 spiro atoms. The molecule has 25 heavy (non-hydrogen) atoms. The number of hydrogen-bond donors (Lipinski definition) is 1. The number of ether oxygens (including phenoxy) is 1. The molecule has 1 unspecified atom stereocenters. The van der Waals surface area contributed by atoms with Crippen molar-refractivity contribution in [2.24, 2.45) is 0 Å². The lowest BCUT2D eigenvalue weighted by molar-refractivity contribution is -0.139. The highest BCUT2D eigenvalue weighted by molar-refractivity contribution is 5.88. The van der Waals surface area contributed by atoms with Crippen molar-refractivity contribution in [2.75, 3.05) is 19.0 Å². The number of nitrogens with zero attached hydrogens (tertiary/aromatic N) is 4. The van der Waals surface area contributed by atoms with Crippen LogP contribution in [-0.2, 0) is 22.5 Å². The van der Waals surface area contributed by atoms with Crippen LogP contribution in [0.3, 0.4) is 0 Å². The largest absolute Gasteiger partial charge is 0.469 e. The lowest BCUT2D eigenvalue weighted by atomic mass is 10.2. The van der Waals surface area contributed by atoms with E-state index in [1.807, 2.05) is 15.7 Å². The molecule has 0 radical (unpaired) electrons. The highest BCUT2D eigenvalue weighted by atomic mass is 16.5. The summed E-state index contributed by atoms with van der Waals surface area (Å²) in [6.45, 7) is 1.44. The molecule has 2 aromatic rings. The molecule has 0 saturated carbocycles. The number of anilines is 1. The maximum absolute atomic E-state index is 12.6. The van der Waals surface area contributed by atoms with Crippen molar-refractivity contribution in [3.8, 4) is 0 Å². The van der Waals surface area contributed by atoms with E-state index in [-0.39, 0.29) is 24.5 Å². The summed E-state index contributed by atoms with van der Waals surface area (Å²) in [7, 11) is 1.34. The van der Waals surface area contributed by atoms with Crippen molar-refractivity contribution in [1.29, 1.82) is 0 Å². The van der Waals surface area contributed by atoms with Crippen LogP contribution in [0.2, 0.25) is 0 Å². The molecule has 1 N–H and O–H groups in total. The summed E-state index contributed by atoms with van der Waals surface area (Å²) in [5, 5.41) is 2.82. The van der Waals surface area contributed by atoms with Crippen LogP contribution in [0.25, 0.3) is 0 Å². The van der Waals surface area contributed by atoms with Gasteiger partial charge in [-0.2, -0.15) is 0 Å². The third-order valence-corrected chi connectivity index (χ3v) is 4.21. The Bertz CT molecular complexity index is 732. The molecule has 1 fully saturated rings. The van der Waals surface area contributed by atoms with Crippen molar-refractivity contribution in [3.05, 3.63) is 42.6 Å². The zero-order valence-electron chi connectivity index (χ0n) is 14.1. The molecule has 1 atom stereocenters. The predicted molar refractivity (Wildman–Crippen MR) is 90.9 cm³/mol. The van der Waals surface area contributed by atoms with Gasteiger partial charge in [-0.05, 0) is 25.0 Å². The van der Waals surface area contributed by atoms with Crippen LogP contribution in [-0.4, -0.2) is 51.1 Å². The fourth-order valence-corrected chi connectivity index (χ4v) is 2.98. The van der Waals surface area contributed by atoms with Gasteiger partial charge in [-0.25, -0.2) is 14.8 Å². The van der Waals surface area contributed by atoms with Crippen LogP contribution in [0.4, 0.5) is 10.6 Å². The van der Waals surface area contributed by atoms with Gasteiger partial charge in [0.2, 0.25) is 0 Å². The molecule has 132 valence electrons. The average Bonchev–Trinajstić information content (AvgIpc) is 3.27. The molecule has 0 aromatic carbocycles. The third kappa shape index (κ3) is 4.34. The van der Waals surface area contributed by atoms with E-state index in [1.54, 1.807) is 30.7 Å². The Morgan fingerprint density at radius 2 is 2.28 bits per heavy atom. The van der Waals surface area contributed by atoms with Gasteiger partial charge in [-0.3, -0.25) is 10.1 Å². The van der Waals surface area contributed by atoms with Crippen molar-refractivity contribution in [3.63, 3.8) is 0 Å². The number of esters is 1. The van der Waals surface area contributed by atoms with Gasteiger partial charge in [0.25, 0.3) is 0 Å². The minimum Gasteiger partial charge on any atom is -0.469 e. The van der Waals surface area contributed by atoms with Crippen LogP contribution in [0.5, 0.6) is 0 Å². The van der Waals surface area contributed by atoms with E-state index in [1.165, 1.54) is 7.11 Å². The lowest BCUT2D eigenvalue weighted by Gasteiger charge is -2.25. The Balaban J connectivity index is 1.63. The summed E-state index contributed by atoms with van der Waals surface area (Å²) >= 11 is 0. The fourth-order valence-electron chi connectivity index (χ4n) is 2.98. The normalized spacial score (nSPS) is 16.7. The predicted octanol–water partition coefficient (Wildman–Crippen LogP) is 1.69. The summed E-state index contributed by atoms with van der Waals surface area (Å²) in [5.74, 6) is 0.0654. The number of aromatic nitrogens is 3. The molecule has 2 aromatic heterocycles. The Kier molecular flexibility index (Phi) is 5.27. The number of nitrogens with one attached hydrogen (secondary N) is 1. The molecule has 0 bridgehead atoms. The van der Waals surface area contributed by atoms with Crippen LogP contribution in [0, 0.1) is 0 Å². The number of pyridine rings is 1. The third-order valence-electron chi connectivity index (χ3n) is 4.21. The number of rotatable bonds is 5. The van der Waals surface area contributed by atoms with Gasteiger partial charge in [0.15, 0.2) is 0 Å². The van der Waals surface area contributed by atoms with Crippen LogP contribution in [0.1, 0.15) is 18.5 Å². The Labute approximate surface area is 145 Å². The van der Waals surface area contributed by atoms with Gasteiger partial charge in [0, 0.05) is 25.5 Å². The van der Waals surface area contributed by atoms with Gasteiger partial charge in [-0.15, -0.1) is 0 Å². The maximum atomic E-state index is 12.6. The van der Waals surface area contributed by atoms with E-state index in [9.17, 15) is 9.59 Å². The van der Waals surface area contributed by atoms with Crippen molar-refractivity contribution in [2.45, 2.75) is 31.8 Å². The van der Waals surface area contributed by atoms with E-state index >= 15 is 0 Å². The van der Waals surface area contributed by atoms with Gasteiger partial charge in [0.1, 0.15) is 5.82 Å². The second-order valence-corrected chi connectivity index (χ2v) is 5.95. The fraction of sp³-hybridized carbons (Fsp3) is 0.412. The summed E-state index contributed by atoms with van der Waals surface area (Å²) in [6, 6.07) is 5.15. The molecule has 0 aliphatic carbocycles. The van der Waals surface area contributed by atoms with Crippen molar-refractivity contribution < 1.29 is 14.3 Å². The Hall–Kier alpha value is -2.90. The van der Waals surface area contributed by atoms with Gasteiger partial charge in [-0.1, -0.05) is 6.07 Å². The molecule has 2 amide bonds. The number of urea groups is 1. The second kappa shape index (κ2) is 7.78. The highest BCUT2D eigenvalue weighted by Crippen LogP contribution is 2.20. The zero-order valence-corrected chi connectivity index (χ0v) is 14.1. The van der Waals surface area contributed by atoms with Crippen molar-refractivity contribution in [1.82, 2.24) is 19.4 Å². The summed E-state index contributed by atoms with van der Waals surface area (Å²) in [6.07, 6.45) is 7.39. The summed E-state index contributed by atoms with van der Waals surface area (Å²) < 4.78 is 6.62. The standard InChI is InChI=1S/C17H21N5O3/c1-25-16(23)10-13-4-2-6-15(19-13)20-17(24)22-8-3-5-14(22)11-21-9-7-18-12-21/h2,4,6-7,9,12,14H,3,5,8,10-11H2,1H3,(H,19,20,24). The minimum atomic E-state index is -0.365. The maximum Gasteiger partial charge on any atom is 0.323 e. The van der Waals surface area contributed by atoms with E-state index < -0.39 is 0 Å². The number of imidazole rings is 1. The Morgan fingerprint density at radius 3 is 3.04 bits per heavy atom. The summed E-state index contributed by atoms with van der Waals surface area (Å²) in [4.78, 5) is 34.1. The first kappa shape index (κ1) is 16.9. The SMILES string of the molecule is COC(=O)Cc1cccc(NC(=O)N2CCCC2Cn2ccnc2)n1. The topological polar surface area (TPSA) is 89.4 Å². The quantitative estimate of drug-likeness (QED) is 0.835. The zero-order chi connectivity index (χ0) is 17.6. The molecule has 1 aliphatic rings. The highest BCUT2D eigenvalue weighted by Gasteiger charge is 2.29. The molecular formula is C17H21N5O3. The first-order valence-corrected chi connectivity index (χ1v) is 8.22. The molecule has 8 heteroatoms. The molecule has 8 nitrogen and oxygen atoms in total. The lowest BCUT2D eigenvalue weighted by Crippen LogP contribution is -2.40. The first-order chi connectivity index (χ1) is 12.2. The molecular weight excluding hydrogens is 322 g/mol.